The number of rotatable bonds is 5. The Labute approximate surface area is 181 Å². The van der Waals surface area contributed by atoms with Gasteiger partial charge in [0.2, 0.25) is 5.91 Å². The van der Waals surface area contributed by atoms with Crippen molar-refractivity contribution in [1.29, 1.82) is 0 Å². The van der Waals surface area contributed by atoms with Gasteiger partial charge in [0.05, 0.1) is 10.5 Å². The monoisotopic (exact) mass is 395 g/mol. The molecule has 0 aliphatic rings. The number of sulfonamides is 1. The Morgan fingerprint density at radius 1 is 1.07 bits per heavy atom. The first kappa shape index (κ1) is 21.4. The molecule has 0 atom stereocenters. The zero-order chi connectivity index (χ0) is 18.7. The molecule has 0 aliphatic heterocycles. The fraction of sp³-hybridized carbons (Fsp3) is 0.158. The average molecular weight is 395 g/mol. The maximum absolute atomic E-state index is 12.2. The summed E-state index contributed by atoms with van der Waals surface area (Å²) in [6, 6.07) is 15.9. The van der Waals surface area contributed by atoms with E-state index in [0.717, 1.165) is 16.7 Å². The topological polar surface area (TPSA) is 89.3 Å². The van der Waals surface area contributed by atoms with E-state index < -0.39 is 15.9 Å². The summed E-state index contributed by atoms with van der Waals surface area (Å²) in [7, 11) is -3.87. The molecule has 0 bridgehead atoms. The van der Waals surface area contributed by atoms with E-state index in [0.29, 0.717) is 11.5 Å². The molecule has 1 radical (unpaired) electrons. The number of amides is 1. The number of aromatic nitrogens is 1. The van der Waals surface area contributed by atoms with Crippen LogP contribution in [0.2, 0.25) is 0 Å². The van der Waals surface area contributed by atoms with Crippen LogP contribution in [0.25, 0.3) is 22.4 Å². The zero-order valence-electron chi connectivity index (χ0n) is 15.4. The molecule has 8 heteroatoms. The molecule has 0 aliphatic carbocycles. The van der Waals surface area contributed by atoms with Crippen LogP contribution in [0.15, 0.2) is 64.0 Å². The number of nitrogens with zero attached hydrogens (tertiary/aromatic N) is 1. The Morgan fingerprint density at radius 2 is 1.70 bits per heavy atom. The Bertz CT molecular complexity index is 1040. The quantitative estimate of drug-likeness (QED) is 0.669. The molecule has 137 valence electrons. The van der Waals surface area contributed by atoms with Gasteiger partial charge in [-0.3, -0.25) is 4.79 Å². The number of hydrogen-bond acceptors (Lipinski definition) is 5. The van der Waals surface area contributed by atoms with Gasteiger partial charge in [0.15, 0.2) is 0 Å². The summed E-state index contributed by atoms with van der Waals surface area (Å²) < 4.78 is 31.8. The number of nitrogens with one attached hydrogen (secondary N) is 1. The second-order valence-corrected chi connectivity index (χ2v) is 7.42. The van der Waals surface area contributed by atoms with E-state index in [2.05, 4.69) is 5.16 Å². The van der Waals surface area contributed by atoms with Crippen molar-refractivity contribution in [3.8, 4) is 22.4 Å². The van der Waals surface area contributed by atoms with Gasteiger partial charge >= 0.3 is 0 Å². The van der Waals surface area contributed by atoms with Crippen LogP contribution in [0, 0.1) is 6.92 Å². The Hall–Kier alpha value is -1.93. The van der Waals surface area contributed by atoms with E-state index in [1.807, 2.05) is 35.1 Å². The van der Waals surface area contributed by atoms with Gasteiger partial charge in [-0.2, -0.15) is 0 Å². The van der Waals surface area contributed by atoms with Gasteiger partial charge in [-0.25, -0.2) is 13.1 Å². The minimum atomic E-state index is -3.87. The maximum Gasteiger partial charge on any atom is 0.264 e. The average Bonchev–Trinajstić information content (AvgIpc) is 3.03. The first-order valence-electron chi connectivity index (χ1n) is 8.10. The van der Waals surface area contributed by atoms with Crippen molar-refractivity contribution >= 4 is 45.5 Å². The van der Waals surface area contributed by atoms with Crippen molar-refractivity contribution in [2.24, 2.45) is 0 Å². The van der Waals surface area contributed by atoms with E-state index >= 15 is 0 Å². The summed E-state index contributed by atoms with van der Waals surface area (Å²) in [5.41, 5.74) is 3.19. The van der Waals surface area contributed by atoms with Crippen LogP contribution in [0.3, 0.4) is 0 Å². The third kappa shape index (κ3) is 4.68. The van der Waals surface area contributed by atoms with Crippen molar-refractivity contribution in [2.45, 2.75) is 25.2 Å². The number of aryl methyl sites for hydroxylation is 1. The fourth-order valence-corrected chi connectivity index (χ4v) is 3.64. The molecule has 27 heavy (non-hydrogen) atoms. The minimum Gasteiger partial charge on any atom is -0.360 e. The van der Waals surface area contributed by atoms with Crippen LogP contribution in [-0.4, -0.2) is 49.0 Å². The SMILES string of the molecule is CCC(=O)NS(=O)(=O)c1ccc(-c2c(-c3ccccc3)noc2C)cc1.[HH].[Na]. The fourth-order valence-electron chi connectivity index (χ4n) is 2.59. The molecule has 1 N–H and O–H groups in total. The van der Waals surface area contributed by atoms with Gasteiger partial charge in [0.25, 0.3) is 10.0 Å². The van der Waals surface area contributed by atoms with Crippen LogP contribution < -0.4 is 4.72 Å². The number of benzene rings is 2. The molecular formula is C19H20N2NaO4S. The molecule has 0 fully saturated rings. The molecule has 1 aromatic heterocycles. The molecule has 0 saturated heterocycles. The summed E-state index contributed by atoms with van der Waals surface area (Å²) in [4.78, 5) is 11.4. The van der Waals surface area contributed by atoms with E-state index in [-0.39, 0.29) is 42.3 Å². The molecule has 6 nitrogen and oxygen atoms in total. The van der Waals surface area contributed by atoms with Gasteiger partial charge in [0.1, 0.15) is 11.5 Å². The molecule has 0 unspecified atom stereocenters. The first-order valence-corrected chi connectivity index (χ1v) is 9.58. The summed E-state index contributed by atoms with van der Waals surface area (Å²) in [6.45, 7) is 3.40. The second kappa shape index (κ2) is 8.84. The van der Waals surface area contributed by atoms with E-state index in [9.17, 15) is 13.2 Å². The normalized spacial score (nSPS) is 10.9. The third-order valence-electron chi connectivity index (χ3n) is 3.93. The minimum absolute atomic E-state index is 0. The van der Waals surface area contributed by atoms with Gasteiger partial charge in [-0.1, -0.05) is 54.5 Å². The van der Waals surface area contributed by atoms with E-state index in [1.165, 1.54) is 12.1 Å². The zero-order valence-corrected chi connectivity index (χ0v) is 18.2. The predicted molar refractivity (Wildman–Crippen MR) is 106 cm³/mol. The predicted octanol–water partition coefficient (Wildman–Crippen LogP) is 3.40. The van der Waals surface area contributed by atoms with Crippen LogP contribution in [0.1, 0.15) is 20.5 Å². The summed E-state index contributed by atoms with van der Waals surface area (Å²) in [5.74, 6) is 0.0917. The molecule has 1 heterocycles. The Kier molecular flexibility index (Phi) is 7.00. The Balaban J connectivity index is 0.00000196. The maximum atomic E-state index is 12.2. The summed E-state index contributed by atoms with van der Waals surface area (Å²) in [6.07, 6.45) is 0.0949. The van der Waals surface area contributed by atoms with Crippen LogP contribution in [-0.2, 0) is 14.8 Å². The van der Waals surface area contributed by atoms with Gasteiger partial charge in [-0.15, -0.1) is 0 Å². The van der Waals surface area contributed by atoms with Crippen LogP contribution in [0.5, 0.6) is 0 Å². The summed E-state index contributed by atoms with van der Waals surface area (Å²) in [5, 5.41) is 4.13. The van der Waals surface area contributed by atoms with E-state index in [4.69, 9.17) is 4.52 Å². The molecule has 3 rings (SSSR count). The molecule has 0 spiro atoms. The van der Waals surface area contributed by atoms with Gasteiger partial charge < -0.3 is 4.52 Å². The van der Waals surface area contributed by atoms with Crippen molar-refractivity contribution in [3.05, 3.63) is 60.4 Å². The number of carbonyl (C=O) groups excluding carboxylic acids is 1. The summed E-state index contributed by atoms with van der Waals surface area (Å²) >= 11 is 0. The van der Waals surface area contributed by atoms with Crippen LogP contribution in [0.4, 0.5) is 0 Å². The van der Waals surface area contributed by atoms with Crippen molar-refractivity contribution in [1.82, 2.24) is 9.88 Å². The van der Waals surface area contributed by atoms with Crippen LogP contribution >= 0.6 is 0 Å². The molecule has 0 saturated carbocycles. The van der Waals surface area contributed by atoms with Crippen molar-refractivity contribution in [2.75, 3.05) is 0 Å². The Morgan fingerprint density at radius 3 is 2.30 bits per heavy atom. The molecule has 3 aromatic rings. The second-order valence-electron chi connectivity index (χ2n) is 5.73. The van der Waals surface area contributed by atoms with Crippen molar-refractivity contribution < 1.29 is 19.2 Å². The van der Waals surface area contributed by atoms with Gasteiger partial charge in [-0.05, 0) is 24.6 Å². The molecular weight excluding hydrogens is 375 g/mol. The third-order valence-corrected chi connectivity index (χ3v) is 5.32. The number of hydrogen-bond donors (Lipinski definition) is 1. The van der Waals surface area contributed by atoms with Gasteiger partial charge in [0, 0.05) is 43.0 Å². The van der Waals surface area contributed by atoms with Crippen molar-refractivity contribution in [3.63, 3.8) is 0 Å². The standard InChI is InChI=1S/C19H18N2O4S.Na.H2/c1-3-17(22)21-26(23,24)16-11-9-14(10-12-16)18-13(2)25-20-19(18)15-7-5-4-6-8-15;;/h4-12H,3H2,1-2H3,(H,21,22);;1H. The number of carbonyl (C=O) groups is 1. The smallest absolute Gasteiger partial charge is 0.264 e. The van der Waals surface area contributed by atoms with E-state index in [1.54, 1.807) is 26.0 Å². The molecule has 2 aromatic carbocycles. The first-order chi connectivity index (χ1) is 12.4. The molecule has 1 amide bonds. The largest absolute Gasteiger partial charge is 0.360 e.